The van der Waals surface area contributed by atoms with Crippen LogP contribution in [0.15, 0.2) is 34.7 Å². The van der Waals surface area contributed by atoms with E-state index in [4.69, 9.17) is 9.15 Å². The highest BCUT2D eigenvalue weighted by atomic mass is 16.5. The highest BCUT2D eigenvalue weighted by Gasteiger charge is 2.25. The maximum atomic E-state index is 12.5. The lowest BCUT2D eigenvalue weighted by molar-refractivity contribution is 0.0977. The summed E-state index contributed by atoms with van der Waals surface area (Å²) in [5.74, 6) is 0.815. The number of carbonyl (C=O) groups is 1. The molecule has 4 heteroatoms. The van der Waals surface area contributed by atoms with Gasteiger partial charge in [0.1, 0.15) is 23.2 Å². The second kappa shape index (κ2) is 5.62. The molecule has 0 saturated heterocycles. The minimum atomic E-state index is -0.836. The summed E-state index contributed by atoms with van der Waals surface area (Å²) in [7, 11) is 1.57. The highest BCUT2D eigenvalue weighted by Crippen LogP contribution is 2.25. The molecular weight excluding hydrogens is 254 g/mol. The first kappa shape index (κ1) is 13.9. The van der Waals surface area contributed by atoms with Crippen molar-refractivity contribution in [2.45, 2.75) is 19.8 Å². The van der Waals surface area contributed by atoms with Crippen LogP contribution in [0.25, 0.3) is 0 Å². The Balaban J connectivity index is 2.34. The minimum Gasteiger partial charge on any atom is -0.497 e. The van der Waals surface area contributed by atoms with Gasteiger partial charge in [-0.25, -0.2) is 0 Å². The van der Waals surface area contributed by atoms with Gasteiger partial charge in [-0.15, -0.1) is 0 Å². The number of hydrogen-bond donors (Lipinski definition) is 0. The fourth-order valence-electron chi connectivity index (χ4n) is 2.11. The predicted molar refractivity (Wildman–Crippen MR) is 73.9 cm³/mol. The van der Waals surface area contributed by atoms with E-state index >= 15 is 0 Å². The van der Waals surface area contributed by atoms with Crippen LogP contribution in [-0.4, -0.2) is 12.9 Å². The molecule has 0 fully saturated rings. The molecule has 0 bridgehead atoms. The number of hydrogen-bond acceptors (Lipinski definition) is 4. The summed E-state index contributed by atoms with van der Waals surface area (Å²) in [6, 6.07) is 10.7. The molecule has 102 valence electrons. The second-order valence-electron chi connectivity index (χ2n) is 4.53. The average Bonchev–Trinajstić information content (AvgIpc) is 2.79. The minimum absolute atomic E-state index is 0.244. The summed E-state index contributed by atoms with van der Waals surface area (Å²) >= 11 is 0. The third kappa shape index (κ3) is 2.57. The third-order valence-electron chi connectivity index (χ3n) is 3.15. The van der Waals surface area contributed by atoms with Crippen LogP contribution in [0.1, 0.15) is 33.4 Å². The zero-order valence-electron chi connectivity index (χ0n) is 11.6. The number of ether oxygens (including phenoxy) is 1. The van der Waals surface area contributed by atoms with Crippen molar-refractivity contribution in [1.29, 1.82) is 5.26 Å². The standard InChI is InChI=1S/C16H15NO3/c1-10-8-14(11(2)20-10)16(18)15(9-17)12-4-6-13(19-3)7-5-12/h4-8,15H,1-3H3. The van der Waals surface area contributed by atoms with Crippen molar-refractivity contribution in [3.63, 3.8) is 0 Å². The van der Waals surface area contributed by atoms with Crippen LogP contribution in [0.5, 0.6) is 5.75 Å². The Morgan fingerprint density at radius 1 is 1.30 bits per heavy atom. The summed E-state index contributed by atoms with van der Waals surface area (Å²) in [5.41, 5.74) is 1.11. The summed E-state index contributed by atoms with van der Waals surface area (Å²) in [5, 5.41) is 9.30. The second-order valence-corrected chi connectivity index (χ2v) is 4.53. The fraction of sp³-hybridized carbons (Fsp3) is 0.250. The normalized spacial score (nSPS) is 11.7. The lowest BCUT2D eigenvalue weighted by Gasteiger charge is -2.08. The molecule has 0 aliphatic carbocycles. The lowest BCUT2D eigenvalue weighted by Crippen LogP contribution is -2.11. The number of Topliss-reactive ketones (excluding diaryl/α,β-unsaturated/α-hetero) is 1. The molecule has 0 aliphatic heterocycles. The van der Waals surface area contributed by atoms with Crippen molar-refractivity contribution in [3.8, 4) is 11.8 Å². The van der Waals surface area contributed by atoms with Gasteiger partial charge in [0.2, 0.25) is 0 Å². The molecule has 0 saturated carbocycles. The largest absolute Gasteiger partial charge is 0.497 e. The zero-order chi connectivity index (χ0) is 14.7. The van der Waals surface area contributed by atoms with Crippen LogP contribution >= 0.6 is 0 Å². The summed E-state index contributed by atoms with van der Waals surface area (Å²) in [6.07, 6.45) is 0. The molecule has 1 atom stereocenters. The van der Waals surface area contributed by atoms with Gasteiger partial charge in [-0.3, -0.25) is 4.79 Å². The molecule has 0 aliphatic rings. The van der Waals surface area contributed by atoms with Gasteiger partial charge >= 0.3 is 0 Å². The molecule has 0 radical (unpaired) electrons. The van der Waals surface area contributed by atoms with E-state index in [1.165, 1.54) is 0 Å². The Hall–Kier alpha value is -2.54. The Morgan fingerprint density at radius 3 is 2.40 bits per heavy atom. The van der Waals surface area contributed by atoms with E-state index in [0.29, 0.717) is 28.4 Å². The van der Waals surface area contributed by atoms with Gasteiger partial charge in [0.25, 0.3) is 0 Å². The van der Waals surface area contributed by atoms with E-state index in [9.17, 15) is 10.1 Å². The van der Waals surface area contributed by atoms with Crippen LogP contribution in [-0.2, 0) is 0 Å². The SMILES string of the molecule is COc1ccc(C(C#N)C(=O)c2cc(C)oc2C)cc1. The quantitative estimate of drug-likeness (QED) is 0.798. The molecule has 2 aromatic rings. The number of methoxy groups -OCH3 is 1. The maximum Gasteiger partial charge on any atom is 0.187 e. The van der Waals surface area contributed by atoms with Gasteiger partial charge in [0.05, 0.1) is 18.7 Å². The van der Waals surface area contributed by atoms with Crippen molar-refractivity contribution >= 4 is 5.78 Å². The Morgan fingerprint density at radius 2 is 1.95 bits per heavy atom. The highest BCUT2D eigenvalue weighted by molar-refractivity contribution is 6.03. The van der Waals surface area contributed by atoms with Crippen molar-refractivity contribution < 1.29 is 13.9 Å². The topological polar surface area (TPSA) is 63.2 Å². The molecule has 4 nitrogen and oxygen atoms in total. The van der Waals surface area contributed by atoms with Gasteiger partial charge in [-0.1, -0.05) is 12.1 Å². The number of rotatable bonds is 4. The Bertz CT molecular complexity index is 662. The summed E-state index contributed by atoms with van der Waals surface area (Å²) in [6.45, 7) is 3.50. The fourth-order valence-corrected chi connectivity index (χ4v) is 2.11. The molecule has 2 rings (SSSR count). The number of aryl methyl sites for hydroxylation is 2. The number of ketones is 1. The lowest BCUT2D eigenvalue weighted by atomic mass is 9.92. The van der Waals surface area contributed by atoms with Gasteiger partial charge in [-0.05, 0) is 37.6 Å². The first-order valence-corrected chi connectivity index (χ1v) is 6.21. The van der Waals surface area contributed by atoms with E-state index in [-0.39, 0.29) is 5.78 Å². The van der Waals surface area contributed by atoms with E-state index in [0.717, 1.165) is 0 Å². The molecular formula is C16H15NO3. The Kier molecular flexibility index (Phi) is 3.90. The van der Waals surface area contributed by atoms with Gasteiger partial charge in [0.15, 0.2) is 5.78 Å². The molecule has 1 unspecified atom stereocenters. The number of furan rings is 1. The van der Waals surface area contributed by atoms with Gasteiger partial charge in [-0.2, -0.15) is 5.26 Å². The molecule has 0 N–H and O–H groups in total. The van der Waals surface area contributed by atoms with E-state index in [1.807, 2.05) is 0 Å². The molecule has 20 heavy (non-hydrogen) atoms. The van der Waals surface area contributed by atoms with Crippen LogP contribution in [0.4, 0.5) is 0 Å². The van der Waals surface area contributed by atoms with Crippen molar-refractivity contribution in [3.05, 3.63) is 53.0 Å². The van der Waals surface area contributed by atoms with Crippen molar-refractivity contribution in [2.24, 2.45) is 0 Å². The number of carbonyl (C=O) groups excluding carboxylic acids is 1. The van der Waals surface area contributed by atoms with Gasteiger partial charge < -0.3 is 9.15 Å². The predicted octanol–water partition coefficient (Wildman–Crippen LogP) is 3.40. The number of nitriles is 1. The van der Waals surface area contributed by atoms with E-state index in [2.05, 4.69) is 6.07 Å². The molecule has 0 amide bonds. The number of benzene rings is 1. The molecule has 1 aromatic carbocycles. The Labute approximate surface area is 117 Å². The van der Waals surface area contributed by atoms with E-state index in [1.54, 1.807) is 51.3 Å². The molecule has 1 heterocycles. The van der Waals surface area contributed by atoms with Crippen LogP contribution in [0.3, 0.4) is 0 Å². The third-order valence-corrected chi connectivity index (χ3v) is 3.15. The van der Waals surface area contributed by atoms with Crippen LogP contribution in [0.2, 0.25) is 0 Å². The smallest absolute Gasteiger partial charge is 0.187 e. The summed E-state index contributed by atoms with van der Waals surface area (Å²) < 4.78 is 10.4. The van der Waals surface area contributed by atoms with Crippen LogP contribution in [0, 0.1) is 25.2 Å². The summed E-state index contributed by atoms with van der Waals surface area (Å²) in [4.78, 5) is 12.5. The van der Waals surface area contributed by atoms with Gasteiger partial charge in [0, 0.05) is 0 Å². The first-order valence-electron chi connectivity index (χ1n) is 6.21. The monoisotopic (exact) mass is 269 g/mol. The molecule has 0 spiro atoms. The number of nitrogens with zero attached hydrogens (tertiary/aromatic N) is 1. The molecule has 1 aromatic heterocycles. The average molecular weight is 269 g/mol. The first-order chi connectivity index (χ1) is 9.56. The maximum absolute atomic E-state index is 12.5. The van der Waals surface area contributed by atoms with E-state index < -0.39 is 5.92 Å². The van der Waals surface area contributed by atoms with Crippen LogP contribution < -0.4 is 4.74 Å². The van der Waals surface area contributed by atoms with Crippen molar-refractivity contribution in [1.82, 2.24) is 0 Å². The van der Waals surface area contributed by atoms with Crippen molar-refractivity contribution in [2.75, 3.05) is 7.11 Å². The zero-order valence-corrected chi connectivity index (χ0v) is 11.6.